The summed E-state index contributed by atoms with van der Waals surface area (Å²) in [5.41, 5.74) is 6.05. The maximum atomic E-state index is 12.7. The van der Waals surface area contributed by atoms with E-state index in [0.29, 0.717) is 11.4 Å². The van der Waals surface area contributed by atoms with Gasteiger partial charge >= 0.3 is 0 Å². The van der Waals surface area contributed by atoms with Gasteiger partial charge in [-0.15, -0.1) is 0 Å². The Kier molecular flexibility index (Phi) is 3.79. The summed E-state index contributed by atoms with van der Waals surface area (Å²) in [6.45, 7) is 1.02. The molecule has 2 amide bonds. The summed E-state index contributed by atoms with van der Waals surface area (Å²) in [5.74, 6) is -0.0488. The van der Waals surface area contributed by atoms with Crippen molar-refractivity contribution in [2.75, 3.05) is 18.0 Å². The van der Waals surface area contributed by atoms with Crippen molar-refractivity contribution >= 4 is 17.5 Å². The Morgan fingerprint density at radius 3 is 2.81 bits per heavy atom. The van der Waals surface area contributed by atoms with Gasteiger partial charge in [-0.05, 0) is 31.5 Å². The summed E-state index contributed by atoms with van der Waals surface area (Å²) in [6.07, 6.45) is 2.15. The van der Waals surface area contributed by atoms with E-state index >= 15 is 0 Å². The average Bonchev–Trinajstić information content (AvgIpc) is 2.54. The van der Waals surface area contributed by atoms with Crippen LogP contribution in [0.4, 0.5) is 5.69 Å². The van der Waals surface area contributed by atoms with E-state index in [2.05, 4.69) is 5.32 Å². The number of ether oxygens (including phenoxy) is 1. The smallest absolute Gasteiger partial charge is 0.260 e. The molecule has 6 nitrogen and oxygen atoms in total. The molecule has 6 heteroatoms. The second-order valence-corrected chi connectivity index (χ2v) is 5.43. The Bertz CT molecular complexity index is 555. The second kappa shape index (κ2) is 5.73. The van der Waals surface area contributed by atoms with Crippen molar-refractivity contribution in [1.29, 1.82) is 0 Å². The first kappa shape index (κ1) is 13.9. The number of nitrogens with two attached hydrogens (primary N) is 1. The lowest BCUT2D eigenvalue weighted by atomic mass is 10.0. The van der Waals surface area contributed by atoms with Gasteiger partial charge in [0, 0.05) is 0 Å². The zero-order valence-corrected chi connectivity index (χ0v) is 11.7. The Hall–Kier alpha value is -2.08. The van der Waals surface area contributed by atoms with E-state index in [-0.39, 0.29) is 18.5 Å². The molecule has 2 aliphatic rings. The molecular weight excluding hydrogens is 270 g/mol. The van der Waals surface area contributed by atoms with Crippen LogP contribution >= 0.6 is 0 Å². The number of carbonyl (C=O) groups excluding carboxylic acids is 2. The molecule has 2 heterocycles. The molecule has 3 N–H and O–H groups in total. The van der Waals surface area contributed by atoms with Gasteiger partial charge < -0.3 is 20.7 Å². The summed E-state index contributed by atoms with van der Waals surface area (Å²) in [6, 6.07) is 7.04. The van der Waals surface area contributed by atoms with Gasteiger partial charge in [-0.3, -0.25) is 9.59 Å². The van der Waals surface area contributed by atoms with Crippen molar-refractivity contribution < 1.29 is 14.3 Å². The van der Waals surface area contributed by atoms with Crippen LogP contribution in [0.2, 0.25) is 0 Å². The lowest BCUT2D eigenvalue weighted by molar-refractivity contribution is -0.125. The van der Waals surface area contributed by atoms with Crippen molar-refractivity contribution in [1.82, 2.24) is 5.32 Å². The Balaban J connectivity index is 1.88. The fourth-order valence-corrected chi connectivity index (χ4v) is 2.84. The molecule has 1 fully saturated rings. The van der Waals surface area contributed by atoms with Crippen LogP contribution in [0.15, 0.2) is 24.3 Å². The van der Waals surface area contributed by atoms with E-state index in [9.17, 15) is 9.59 Å². The second-order valence-electron chi connectivity index (χ2n) is 5.43. The molecule has 2 atom stereocenters. The number of piperidine rings is 1. The number of fused-ring (bicyclic) bond motifs is 1. The highest BCUT2D eigenvalue weighted by molar-refractivity contribution is 6.00. The van der Waals surface area contributed by atoms with E-state index in [1.54, 1.807) is 11.0 Å². The zero-order valence-electron chi connectivity index (χ0n) is 11.7. The monoisotopic (exact) mass is 289 g/mol. The number of nitrogens with one attached hydrogen (secondary N) is 1. The van der Waals surface area contributed by atoms with E-state index in [0.717, 1.165) is 25.8 Å². The van der Waals surface area contributed by atoms with Gasteiger partial charge in [0.15, 0.2) is 6.10 Å². The number of rotatable bonds is 2. The molecular formula is C15H19N3O3. The van der Waals surface area contributed by atoms with Gasteiger partial charge in [0.2, 0.25) is 5.91 Å². The van der Waals surface area contributed by atoms with Crippen LogP contribution in [0.5, 0.6) is 5.75 Å². The highest BCUT2D eigenvalue weighted by atomic mass is 16.5. The van der Waals surface area contributed by atoms with Crippen molar-refractivity contribution in [3.8, 4) is 5.75 Å². The zero-order chi connectivity index (χ0) is 14.8. The maximum Gasteiger partial charge on any atom is 0.260 e. The Morgan fingerprint density at radius 1 is 1.29 bits per heavy atom. The maximum absolute atomic E-state index is 12.7. The van der Waals surface area contributed by atoms with Crippen molar-refractivity contribution in [2.24, 2.45) is 5.73 Å². The molecule has 112 valence electrons. The van der Waals surface area contributed by atoms with Crippen molar-refractivity contribution in [2.45, 2.75) is 31.4 Å². The van der Waals surface area contributed by atoms with E-state index < -0.39 is 12.0 Å². The summed E-state index contributed by atoms with van der Waals surface area (Å²) >= 11 is 0. The molecule has 1 aromatic carbocycles. The van der Waals surface area contributed by atoms with Crippen LogP contribution in [-0.2, 0) is 9.59 Å². The van der Waals surface area contributed by atoms with Crippen molar-refractivity contribution in [3.63, 3.8) is 0 Å². The molecule has 0 radical (unpaired) electrons. The first-order chi connectivity index (χ1) is 10.2. The van der Waals surface area contributed by atoms with E-state index in [1.165, 1.54) is 0 Å². The quantitative estimate of drug-likeness (QED) is 0.826. The lowest BCUT2D eigenvalue weighted by Crippen LogP contribution is -2.55. The molecule has 0 saturated carbocycles. The number of benzene rings is 1. The SMILES string of the molecule is NC(=O)C1CN(C(=O)C2CCCCN2)c2ccccc2O1. The number of amides is 2. The standard InChI is InChI=1S/C15H19N3O3/c16-14(19)13-9-18(11-6-1-2-7-12(11)21-13)15(20)10-5-3-4-8-17-10/h1-2,6-7,10,13,17H,3-5,8-9H2,(H2,16,19). The molecule has 2 aliphatic heterocycles. The predicted molar refractivity (Wildman–Crippen MR) is 78.0 cm³/mol. The number of carbonyl (C=O) groups is 2. The van der Waals surface area contributed by atoms with Crippen molar-refractivity contribution in [3.05, 3.63) is 24.3 Å². The van der Waals surface area contributed by atoms with Gasteiger partial charge in [0.1, 0.15) is 5.75 Å². The topological polar surface area (TPSA) is 84.7 Å². The van der Waals surface area contributed by atoms with Crippen LogP contribution in [0.1, 0.15) is 19.3 Å². The summed E-state index contributed by atoms with van der Waals surface area (Å²) in [4.78, 5) is 25.8. The molecule has 1 aromatic rings. The Labute approximate surface area is 123 Å². The van der Waals surface area contributed by atoms with Crippen LogP contribution in [0, 0.1) is 0 Å². The highest BCUT2D eigenvalue weighted by Gasteiger charge is 2.35. The van der Waals surface area contributed by atoms with Gasteiger partial charge in [-0.2, -0.15) is 0 Å². The molecule has 21 heavy (non-hydrogen) atoms. The molecule has 2 unspecified atom stereocenters. The lowest BCUT2D eigenvalue weighted by Gasteiger charge is -2.36. The summed E-state index contributed by atoms with van der Waals surface area (Å²) in [5, 5.41) is 3.24. The molecule has 0 aliphatic carbocycles. The van der Waals surface area contributed by atoms with Gasteiger partial charge in [-0.1, -0.05) is 18.6 Å². The number of hydrogen-bond donors (Lipinski definition) is 2. The van der Waals surface area contributed by atoms with Gasteiger partial charge in [0.25, 0.3) is 5.91 Å². The van der Waals surface area contributed by atoms with Gasteiger partial charge in [-0.25, -0.2) is 0 Å². The fraction of sp³-hybridized carbons (Fsp3) is 0.467. The summed E-state index contributed by atoms with van der Waals surface area (Å²) < 4.78 is 5.57. The molecule has 3 rings (SSSR count). The minimum absolute atomic E-state index is 0.0169. The largest absolute Gasteiger partial charge is 0.477 e. The number of anilines is 1. The van der Waals surface area contributed by atoms with Gasteiger partial charge in [0.05, 0.1) is 18.3 Å². The first-order valence-corrected chi connectivity index (χ1v) is 7.26. The highest BCUT2D eigenvalue weighted by Crippen LogP contribution is 2.33. The Morgan fingerprint density at radius 2 is 2.10 bits per heavy atom. The number of hydrogen-bond acceptors (Lipinski definition) is 4. The molecule has 0 spiro atoms. The predicted octanol–water partition coefficient (Wildman–Crippen LogP) is 0.408. The third-order valence-electron chi connectivity index (χ3n) is 3.97. The third-order valence-corrected chi connectivity index (χ3v) is 3.97. The van der Waals surface area contributed by atoms with E-state index in [4.69, 9.17) is 10.5 Å². The summed E-state index contributed by atoms with van der Waals surface area (Å²) in [7, 11) is 0. The first-order valence-electron chi connectivity index (χ1n) is 7.26. The average molecular weight is 289 g/mol. The minimum Gasteiger partial charge on any atom is -0.477 e. The fourth-order valence-electron chi connectivity index (χ4n) is 2.84. The van der Waals surface area contributed by atoms with Crippen LogP contribution in [0.25, 0.3) is 0 Å². The van der Waals surface area contributed by atoms with Crippen LogP contribution < -0.4 is 20.7 Å². The van der Waals surface area contributed by atoms with Crippen LogP contribution in [-0.4, -0.2) is 37.0 Å². The molecule has 0 bridgehead atoms. The van der Waals surface area contributed by atoms with Crippen LogP contribution in [0.3, 0.4) is 0 Å². The number of para-hydroxylation sites is 2. The normalized spacial score (nSPS) is 24.9. The van der Waals surface area contributed by atoms with E-state index in [1.807, 2.05) is 18.2 Å². The minimum atomic E-state index is -0.799. The number of primary amides is 1. The molecule has 0 aromatic heterocycles. The third kappa shape index (κ3) is 2.71. The number of nitrogens with zero attached hydrogens (tertiary/aromatic N) is 1. The molecule has 1 saturated heterocycles.